The van der Waals surface area contributed by atoms with Crippen molar-refractivity contribution in [3.05, 3.63) is 30.3 Å². The lowest BCUT2D eigenvalue weighted by molar-refractivity contribution is -0.141. The van der Waals surface area contributed by atoms with Gasteiger partial charge in [-0.3, -0.25) is 14.6 Å². The highest BCUT2D eigenvalue weighted by molar-refractivity contribution is 5.83. The maximum Gasteiger partial charge on any atom is 0.325 e. The maximum atomic E-state index is 11.5. The molecule has 0 fully saturated rings. The van der Waals surface area contributed by atoms with Gasteiger partial charge in [0.25, 0.3) is 0 Å². The van der Waals surface area contributed by atoms with E-state index in [9.17, 15) is 9.59 Å². The molecule has 2 N–H and O–H groups in total. The summed E-state index contributed by atoms with van der Waals surface area (Å²) in [4.78, 5) is 30.4. The number of hydrogen-bond donors (Lipinski definition) is 2. The van der Waals surface area contributed by atoms with Crippen LogP contribution in [0.15, 0.2) is 28.9 Å². The van der Waals surface area contributed by atoms with Crippen molar-refractivity contribution in [2.45, 2.75) is 25.8 Å². The molecule has 21 heavy (non-hydrogen) atoms. The van der Waals surface area contributed by atoms with Crippen LogP contribution in [-0.4, -0.2) is 38.1 Å². The first-order valence-corrected chi connectivity index (χ1v) is 6.32. The van der Waals surface area contributed by atoms with Crippen molar-refractivity contribution in [3.8, 4) is 11.5 Å². The number of carboxylic acid groups (broad SMARTS) is 1. The Hall–Kier alpha value is -2.77. The van der Waals surface area contributed by atoms with Crippen LogP contribution in [0, 0.1) is 0 Å². The zero-order chi connectivity index (χ0) is 15.2. The van der Waals surface area contributed by atoms with Gasteiger partial charge in [-0.2, -0.15) is 4.98 Å². The fourth-order valence-electron chi connectivity index (χ4n) is 1.55. The molecule has 1 atom stereocenters. The van der Waals surface area contributed by atoms with Crippen molar-refractivity contribution in [2.75, 3.05) is 0 Å². The summed E-state index contributed by atoms with van der Waals surface area (Å²) < 4.78 is 5.02. The highest BCUT2D eigenvalue weighted by Gasteiger charge is 2.15. The minimum atomic E-state index is -1.08. The second-order valence-electron chi connectivity index (χ2n) is 4.35. The van der Waals surface area contributed by atoms with Gasteiger partial charge in [0.05, 0.1) is 0 Å². The van der Waals surface area contributed by atoms with Gasteiger partial charge in [0.2, 0.25) is 17.6 Å². The first-order valence-electron chi connectivity index (χ1n) is 6.32. The van der Waals surface area contributed by atoms with E-state index in [0.29, 0.717) is 17.4 Å². The zero-order valence-electron chi connectivity index (χ0n) is 11.3. The molecule has 0 bridgehead atoms. The predicted molar refractivity (Wildman–Crippen MR) is 71.1 cm³/mol. The highest BCUT2D eigenvalue weighted by Crippen LogP contribution is 2.12. The van der Waals surface area contributed by atoms with E-state index < -0.39 is 12.0 Å². The predicted octanol–water partition coefficient (Wildman–Crippen LogP) is 0.654. The fourth-order valence-corrected chi connectivity index (χ4v) is 1.55. The van der Waals surface area contributed by atoms with Gasteiger partial charge in [-0.15, -0.1) is 0 Å². The molecule has 0 radical (unpaired) electrons. The van der Waals surface area contributed by atoms with Crippen molar-refractivity contribution in [2.24, 2.45) is 0 Å². The van der Waals surface area contributed by atoms with E-state index in [4.69, 9.17) is 9.63 Å². The summed E-state index contributed by atoms with van der Waals surface area (Å²) in [5.41, 5.74) is 0.580. The topological polar surface area (TPSA) is 118 Å². The van der Waals surface area contributed by atoms with E-state index in [1.54, 1.807) is 24.4 Å². The Morgan fingerprint density at radius 2 is 2.24 bits per heavy atom. The number of carboxylic acids is 1. The number of rotatable bonds is 6. The van der Waals surface area contributed by atoms with Crippen LogP contribution in [0.25, 0.3) is 11.5 Å². The van der Waals surface area contributed by atoms with Crippen LogP contribution in [0.5, 0.6) is 0 Å². The van der Waals surface area contributed by atoms with Crippen LogP contribution in [-0.2, 0) is 16.0 Å². The van der Waals surface area contributed by atoms with Gasteiger partial charge in [0.1, 0.15) is 11.7 Å². The smallest absolute Gasteiger partial charge is 0.325 e. The molecular weight excluding hydrogens is 276 g/mol. The molecule has 8 heteroatoms. The van der Waals surface area contributed by atoms with Crippen LogP contribution in [0.1, 0.15) is 19.2 Å². The van der Waals surface area contributed by atoms with Crippen LogP contribution in [0.2, 0.25) is 0 Å². The molecule has 0 saturated carbocycles. The summed E-state index contributed by atoms with van der Waals surface area (Å²) in [5, 5.41) is 14.8. The zero-order valence-corrected chi connectivity index (χ0v) is 11.3. The summed E-state index contributed by atoms with van der Waals surface area (Å²) in [6.07, 6.45) is 1.92. The second-order valence-corrected chi connectivity index (χ2v) is 4.35. The number of aliphatic carboxylic acids is 1. The Morgan fingerprint density at radius 1 is 1.43 bits per heavy atom. The van der Waals surface area contributed by atoms with E-state index in [1.807, 2.05) is 0 Å². The fraction of sp³-hybridized carbons (Fsp3) is 0.308. The van der Waals surface area contributed by atoms with Gasteiger partial charge in [-0.1, -0.05) is 11.2 Å². The molecule has 2 aromatic rings. The molecule has 2 aromatic heterocycles. The Balaban J connectivity index is 1.89. The summed E-state index contributed by atoms with van der Waals surface area (Å²) in [6.45, 7) is 1.39. The third-order valence-electron chi connectivity index (χ3n) is 2.68. The standard InChI is InChI=1S/C13H14N4O4/c1-8(13(19)20)15-10(18)5-6-11-16-12(17-21-11)9-4-2-3-7-14-9/h2-4,7-8H,5-6H2,1H3,(H,15,18)(H,19,20)/t8-/m0/s1. The van der Waals surface area contributed by atoms with E-state index in [0.717, 1.165) is 0 Å². The van der Waals surface area contributed by atoms with Crippen molar-refractivity contribution >= 4 is 11.9 Å². The van der Waals surface area contributed by atoms with E-state index in [-0.39, 0.29) is 18.7 Å². The number of carbonyl (C=O) groups is 2. The van der Waals surface area contributed by atoms with Crippen molar-refractivity contribution < 1.29 is 19.2 Å². The Labute approximate surface area is 120 Å². The molecule has 110 valence electrons. The SMILES string of the molecule is C[C@H](NC(=O)CCc1nc(-c2ccccn2)no1)C(=O)O. The van der Waals surface area contributed by atoms with Gasteiger partial charge in [0.15, 0.2) is 0 Å². The molecule has 0 unspecified atom stereocenters. The molecule has 2 heterocycles. The molecule has 0 aliphatic heterocycles. The van der Waals surface area contributed by atoms with Gasteiger partial charge < -0.3 is 14.9 Å². The first-order chi connectivity index (χ1) is 10.1. The van der Waals surface area contributed by atoms with Gasteiger partial charge in [0, 0.05) is 19.0 Å². The number of amides is 1. The Morgan fingerprint density at radius 3 is 2.90 bits per heavy atom. The lowest BCUT2D eigenvalue weighted by Gasteiger charge is -2.07. The minimum Gasteiger partial charge on any atom is -0.480 e. The number of nitrogens with zero attached hydrogens (tertiary/aromatic N) is 3. The van der Waals surface area contributed by atoms with E-state index in [2.05, 4.69) is 20.4 Å². The van der Waals surface area contributed by atoms with Crippen LogP contribution in [0.4, 0.5) is 0 Å². The summed E-state index contributed by atoms with van der Waals surface area (Å²) in [6, 6.07) is 4.40. The number of aryl methyl sites for hydroxylation is 1. The molecular formula is C13H14N4O4. The number of nitrogens with one attached hydrogen (secondary N) is 1. The third-order valence-corrected chi connectivity index (χ3v) is 2.68. The van der Waals surface area contributed by atoms with Crippen LogP contribution < -0.4 is 5.32 Å². The van der Waals surface area contributed by atoms with Crippen LogP contribution >= 0.6 is 0 Å². The highest BCUT2D eigenvalue weighted by atomic mass is 16.5. The quantitative estimate of drug-likeness (QED) is 0.801. The summed E-state index contributed by atoms with van der Waals surface area (Å²) in [5.74, 6) is -0.820. The van der Waals surface area contributed by atoms with Gasteiger partial charge >= 0.3 is 5.97 Å². The molecule has 0 saturated heterocycles. The summed E-state index contributed by atoms with van der Waals surface area (Å²) >= 11 is 0. The van der Waals surface area contributed by atoms with E-state index >= 15 is 0 Å². The number of aromatic nitrogens is 3. The lowest BCUT2D eigenvalue weighted by atomic mass is 10.2. The minimum absolute atomic E-state index is 0.0709. The number of carbonyl (C=O) groups excluding carboxylic acids is 1. The first kappa shape index (κ1) is 14.6. The van der Waals surface area contributed by atoms with Crippen molar-refractivity contribution in [1.29, 1.82) is 0 Å². The average molecular weight is 290 g/mol. The lowest BCUT2D eigenvalue weighted by Crippen LogP contribution is -2.38. The van der Waals surface area contributed by atoms with E-state index in [1.165, 1.54) is 6.92 Å². The molecule has 2 rings (SSSR count). The molecule has 8 nitrogen and oxygen atoms in total. The van der Waals surface area contributed by atoms with Crippen molar-refractivity contribution in [1.82, 2.24) is 20.4 Å². The van der Waals surface area contributed by atoms with Crippen molar-refractivity contribution in [3.63, 3.8) is 0 Å². The maximum absolute atomic E-state index is 11.5. The van der Waals surface area contributed by atoms with Gasteiger partial charge in [-0.05, 0) is 19.1 Å². The molecule has 0 aromatic carbocycles. The summed E-state index contributed by atoms with van der Waals surface area (Å²) in [7, 11) is 0. The Bertz CT molecular complexity index is 626. The largest absolute Gasteiger partial charge is 0.480 e. The normalized spacial score (nSPS) is 11.9. The van der Waals surface area contributed by atoms with Gasteiger partial charge in [-0.25, -0.2) is 0 Å². The number of hydrogen-bond acceptors (Lipinski definition) is 6. The monoisotopic (exact) mass is 290 g/mol. The van der Waals surface area contributed by atoms with Crippen LogP contribution in [0.3, 0.4) is 0 Å². The molecule has 0 aliphatic rings. The second kappa shape index (κ2) is 6.60. The molecule has 1 amide bonds. The average Bonchev–Trinajstić information content (AvgIpc) is 2.95. The third kappa shape index (κ3) is 4.10. The number of pyridine rings is 1. The Kier molecular flexibility index (Phi) is 4.60. The molecule has 0 spiro atoms. The molecule has 0 aliphatic carbocycles.